The fourth-order valence-corrected chi connectivity index (χ4v) is 5.89. The zero-order valence-electron chi connectivity index (χ0n) is 21.7. The number of alkyl halides is 3. The maximum absolute atomic E-state index is 13.5. The van der Waals surface area contributed by atoms with Gasteiger partial charge in [0.1, 0.15) is 0 Å². The molecule has 2 aromatic carbocycles. The third-order valence-corrected chi connectivity index (χ3v) is 8.14. The van der Waals surface area contributed by atoms with E-state index in [0.29, 0.717) is 42.5 Å². The zero-order chi connectivity index (χ0) is 29.4. The minimum atomic E-state index is -4.57. The Balaban J connectivity index is 1.36. The number of carbonyl (C=O) groups excluding carboxylic acids is 3. The first-order chi connectivity index (χ1) is 19.5. The molecule has 0 bridgehead atoms. The molecule has 5 rings (SSSR count). The van der Waals surface area contributed by atoms with Gasteiger partial charge in [-0.25, -0.2) is 4.79 Å². The van der Waals surface area contributed by atoms with E-state index in [0.717, 1.165) is 22.7 Å². The molecule has 2 aliphatic rings. The highest BCUT2D eigenvalue weighted by atomic mass is 35.5. The molecule has 0 atom stereocenters. The molecule has 2 fully saturated rings. The number of fused-ring (bicyclic) bond motifs is 1. The van der Waals surface area contributed by atoms with E-state index >= 15 is 0 Å². The molecule has 14 heteroatoms. The van der Waals surface area contributed by atoms with Crippen LogP contribution in [0.15, 0.2) is 47.5 Å². The van der Waals surface area contributed by atoms with Gasteiger partial charge in [-0.3, -0.25) is 19.2 Å². The first kappa shape index (κ1) is 29.0. The van der Waals surface area contributed by atoms with Crippen LogP contribution in [0.2, 0.25) is 5.02 Å². The minimum Gasteiger partial charge on any atom is -0.453 e. The van der Waals surface area contributed by atoms with E-state index in [1.54, 1.807) is 24.3 Å². The number of benzene rings is 2. The number of aromatic nitrogens is 2. The Morgan fingerprint density at radius 1 is 1.22 bits per heavy atom. The van der Waals surface area contributed by atoms with Gasteiger partial charge in [0.05, 0.1) is 47.9 Å². The van der Waals surface area contributed by atoms with Crippen LogP contribution in [-0.2, 0) is 27.0 Å². The van der Waals surface area contributed by atoms with E-state index < -0.39 is 34.5 Å². The largest absolute Gasteiger partial charge is 0.453 e. The first-order valence-corrected chi connectivity index (χ1v) is 13.7. The monoisotopic (exact) mass is 608 g/mol. The molecule has 3 amide bonds. The van der Waals surface area contributed by atoms with Crippen LogP contribution >= 0.6 is 23.4 Å². The molecule has 41 heavy (non-hydrogen) atoms. The number of nitrogens with zero attached hydrogens (tertiary/aromatic N) is 3. The number of halogens is 4. The third kappa shape index (κ3) is 6.21. The number of imide groups is 1. The van der Waals surface area contributed by atoms with Crippen molar-refractivity contribution in [3.05, 3.63) is 69.2 Å². The number of alkyl carbamates (subject to hydrolysis) is 1. The van der Waals surface area contributed by atoms with Crippen LogP contribution in [0, 0.1) is 0 Å². The van der Waals surface area contributed by atoms with Crippen LogP contribution in [0.5, 0.6) is 0 Å². The fraction of sp³-hybridized carbons (Fsp3) is 0.333. The van der Waals surface area contributed by atoms with E-state index in [1.807, 2.05) is 0 Å². The second-order valence-corrected chi connectivity index (χ2v) is 11.1. The number of nitrogens with one attached hydrogen (secondary N) is 1. The van der Waals surface area contributed by atoms with Crippen molar-refractivity contribution in [1.29, 1.82) is 0 Å². The first-order valence-electron chi connectivity index (χ1n) is 12.5. The van der Waals surface area contributed by atoms with Gasteiger partial charge in [0, 0.05) is 23.6 Å². The third-order valence-electron chi connectivity index (χ3n) is 7.00. The van der Waals surface area contributed by atoms with Crippen molar-refractivity contribution in [3.8, 4) is 0 Å². The molecule has 2 aliphatic heterocycles. The molecule has 1 N–H and O–H groups in total. The summed E-state index contributed by atoms with van der Waals surface area (Å²) in [5.74, 6) is -0.490. The molecule has 0 aliphatic carbocycles. The molecule has 0 saturated carbocycles. The summed E-state index contributed by atoms with van der Waals surface area (Å²) in [5.41, 5.74) is -0.470. The van der Waals surface area contributed by atoms with Crippen molar-refractivity contribution in [3.63, 3.8) is 0 Å². The summed E-state index contributed by atoms with van der Waals surface area (Å²) >= 11 is 6.58. The lowest BCUT2D eigenvalue weighted by Crippen LogP contribution is -2.59. The van der Waals surface area contributed by atoms with E-state index in [-0.39, 0.29) is 28.6 Å². The van der Waals surface area contributed by atoms with Crippen molar-refractivity contribution in [1.82, 2.24) is 20.0 Å². The predicted octanol–water partition coefficient (Wildman–Crippen LogP) is 5.70. The standard InChI is InChI=1S/C27H24ClF3N4O5S/c1-39-24(37)33-26(6-8-40-9-7-26)15-34-23(36)22(41-25(34)38)11-16-2-5-21-18(10-16)13-32-35(21)14-17-3-4-19(28)12-20(17)27(29,30)31/h2-5,10-13H,6-9,14-15H2,1H3,(H,33,37). The highest BCUT2D eigenvalue weighted by molar-refractivity contribution is 8.18. The number of hydrogen-bond donors (Lipinski definition) is 1. The Morgan fingerprint density at radius 3 is 2.68 bits per heavy atom. The lowest BCUT2D eigenvalue weighted by Gasteiger charge is -2.39. The van der Waals surface area contributed by atoms with Gasteiger partial charge in [0.2, 0.25) is 0 Å². The SMILES string of the molecule is COC(=O)NC1(CN2C(=O)SC(=Cc3ccc4c(cnn4Cc4ccc(Cl)cc4C(F)(F)F)c3)C2=O)CCOCC1. The summed E-state index contributed by atoms with van der Waals surface area (Å²) in [7, 11) is 1.24. The molecular weight excluding hydrogens is 585 g/mol. The molecule has 2 saturated heterocycles. The summed E-state index contributed by atoms with van der Waals surface area (Å²) < 4.78 is 52.2. The molecule has 0 unspecified atom stereocenters. The van der Waals surface area contributed by atoms with E-state index in [4.69, 9.17) is 21.1 Å². The van der Waals surface area contributed by atoms with E-state index in [9.17, 15) is 27.6 Å². The Morgan fingerprint density at radius 2 is 1.98 bits per heavy atom. The van der Waals surface area contributed by atoms with Crippen molar-refractivity contribution in [2.75, 3.05) is 26.9 Å². The number of carbonyl (C=O) groups is 3. The molecule has 9 nitrogen and oxygen atoms in total. The van der Waals surface area contributed by atoms with Gasteiger partial charge in [0.15, 0.2) is 0 Å². The normalized spacial score (nSPS) is 18.4. The molecule has 3 aromatic rings. The minimum absolute atomic E-state index is 0.0110. The summed E-state index contributed by atoms with van der Waals surface area (Å²) in [6.45, 7) is 0.572. The van der Waals surface area contributed by atoms with Gasteiger partial charge in [0.25, 0.3) is 11.1 Å². The number of rotatable bonds is 6. The van der Waals surface area contributed by atoms with Crippen LogP contribution in [0.4, 0.5) is 22.8 Å². The maximum atomic E-state index is 13.5. The van der Waals surface area contributed by atoms with E-state index in [1.165, 1.54) is 30.1 Å². The second kappa shape index (κ2) is 11.4. The average molecular weight is 609 g/mol. The van der Waals surface area contributed by atoms with Crippen LogP contribution < -0.4 is 5.32 Å². The number of amides is 3. The van der Waals surface area contributed by atoms with Gasteiger partial charge < -0.3 is 14.8 Å². The fourth-order valence-electron chi connectivity index (χ4n) is 4.88. The summed E-state index contributed by atoms with van der Waals surface area (Å²) in [5, 5.41) is 7.20. The molecule has 0 radical (unpaired) electrons. The average Bonchev–Trinajstić information content (AvgIpc) is 3.44. The van der Waals surface area contributed by atoms with Crippen molar-refractivity contribution in [2.45, 2.75) is 31.1 Å². The topological polar surface area (TPSA) is 103 Å². The lowest BCUT2D eigenvalue weighted by atomic mass is 9.89. The van der Waals surface area contributed by atoms with Crippen LogP contribution in [0.25, 0.3) is 17.0 Å². The molecule has 216 valence electrons. The molecular formula is C27H24ClF3N4O5S. The maximum Gasteiger partial charge on any atom is 0.416 e. The van der Waals surface area contributed by atoms with Crippen LogP contribution in [0.3, 0.4) is 0 Å². The summed E-state index contributed by atoms with van der Waals surface area (Å²) in [4.78, 5) is 39.3. The Kier molecular flexibility index (Phi) is 8.04. The summed E-state index contributed by atoms with van der Waals surface area (Å²) in [6.07, 6.45) is -1.32. The van der Waals surface area contributed by atoms with Gasteiger partial charge >= 0.3 is 12.3 Å². The highest BCUT2D eigenvalue weighted by Crippen LogP contribution is 2.36. The summed E-state index contributed by atoms with van der Waals surface area (Å²) in [6, 6.07) is 8.74. The number of ether oxygens (including phenoxy) is 2. The quantitative estimate of drug-likeness (QED) is 0.358. The van der Waals surface area contributed by atoms with Gasteiger partial charge in [-0.1, -0.05) is 23.7 Å². The Hall–Kier alpha value is -3.55. The van der Waals surface area contributed by atoms with Crippen molar-refractivity contribution < 1.29 is 37.0 Å². The zero-order valence-corrected chi connectivity index (χ0v) is 23.2. The number of hydrogen-bond acceptors (Lipinski definition) is 7. The highest BCUT2D eigenvalue weighted by Gasteiger charge is 2.43. The van der Waals surface area contributed by atoms with Crippen LogP contribution in [-0.4, -0.2) is 64.3 Å². The van der Waals surface area contributed by atoms with Crippen molar-refractivity contribution in [2.24, 2.45) is 0 Å². The van der Waals surface area contributed by atoms with Gasteiger partial charge in [-0.2, -0.15) is 18.3 Å². The Bertz CT molecular complexity index is 1550. The smallest absolute Gasteiger partial charge is 0.416 e. The van der Waals surface area contributed by atoms with E-state index in [2.05, 4.69) is 10.4 Å². The van der Waals surface area contributed by atoms with Crippen molar-refractivity contribution >= 4 is 57.6 Å². The number of thioether (sulfide) groups is 1. The molecule has 1 aromatic heterocycles. The number of methoxy groups -OCH3 is 1. The second-order valence-electron chi connectivity index (χ2n) is 9.70. The van der Waals surface area contributed by atoms with Gasteiger partial charge in [-0.15, -0.1) is 0 Å². The molecule has 3 heterocycles. The van der Waals surface area contributed by atoms with Crippen LogP contribution in [0.1, 0.15) is 29.5 Å². The Labute approximate surface area is 241 Å². The molecule has 0 spiro atoms. The van der Waals surface area contributed by atoms with Gasteiger partial charge in [-0.05, 0) is 66.1 Å². The predicted molar refractivity (Wildman–Crippen MR) is 146 cm³/mol. The lowest BCUT2D eigenvalue weighted by molar-refractivity contribution is -0.138.